The van der Waals surface area contributed by atoms with Crippen LogP contribution in [0.15, 0.2) is 18.5 Å². The third kappa shape index (κ3) is 1.96. The molecule has 0 aliphatic heterocycles. The number of carbonyl (C=O) groups excluding carboxylic acids is 1. The average molecular weight is 195 g/mol. The second kappa shape index (κ2) is 3.84. The van der Waals surface area contributed by atoms with Crippen LogP contribution >= 0.6 is 0 Å². The summed E-state index contributed by atoms with van der Waals surface area (Å²) in [6.45, 7) is 4.04. The zero-order valence-corrected chi connectivity index (χ0v) is 8.87. The third-order valence-electron chi connectivity index (χ3n) is 2.36. The van der Waals surface area contributed by atoms with Crippen molar-refractivity contribution in [2.75, 3.05) is 18.5 Å². The van der Waals surface area contributed by atoms with Crippen LogP contribution < -0.4 is 10.6 Å². The standard InChI is InChI=1S/C10H17N3O/c1-10(2,7-11)9(14)13(3)8-4-5-12-6-8/h4-6,12H,7,11H2,1-3H3. The molecule has 0 unspecified atom stereocenters. The van der Waals surface area contributed by atoms with Crippen molar-refractivity contribution in [2.45, 2.75) is 13.8 Å². The Kier molecular flexibility index (Phi) is 2.96. The first kappa shape index (κ1) is 10.8. The number of aromatic nitrogens is 1. The molecule has 0 aromatic carbocycles. The molecular formula is C10H17N3O. The molecule has 14 heavy (non-hydrogen) atoms. The van der Waals surface area contributed by atoms with E-state index in [1.165, 1.54) is 0 Å². The summed E-state index contributed by atoms with van der Waals surface area (Å²) >= 11 is 0. The predicted octanol–water partition coefficient (Wildman–Crippen LogP) is 0.962. The minimum atomic E-state index is -0.508. The Labute approximate surface area is 84.1 Å². The van der Waals surface area contributed by atoms with Gasteiger partial charge >= 0.3 is 0 Å². The molecule has 0 radical (unpaired) electrons. The molecule has 0 saturated carbocycles. The molecular weight excluding hydrogens is 178 g/mol. The number of rotatable bonds is 3. The van der Waals surface area contributed by atoms with Gasteiger partial charge in [0.2, 0.25) is 5.91 Å². The van der Waals surface area contributed by atoms with Crippen LogP contribution in [0.2, 0.25) is 0 Å². The van der Waals surface area contributed by atoms with E-state index < -0.39 is 5.41 Å². The molecule has 3 N–H and O–H groups in total. The summed E-state index contributed by atoms with van der Waals surface area (Å²) in [5.74, 6) is 0.0274. The van der Waals surface area contributed by atoms with Gasteiger partial charge in [-0.2, -0.15) is 0 Å². The van der Waals surface area contributed by atoms with E-state index in [2.05, 4.69) is 4.98 Å². The fraction of sp³-hybridized carbons (Fsp3) is 0.500. The number of anilines is 1. The first-order valence-corrected chi connectivity index (χ1v) is 4.60. The molecule has 1 aromatic rings. The molecule has 0 atom stereocenters. The number of hydrogen-bond donors (Lipinski definition) is 2. The minimum Gasteiger partial charge on any atom is -0.366 e. The summed E-state index contributed by atoms with van der Waals surface area (Å²) in [5, 5.41) is 0. The maximum Gasteiger partial charge on any atom is 0.233 e. The molecule has 1 heterocycles. The molecule has 4 nitrogen and oxygen atoms in total. The van der Waals surface area contributed by atoms with Crippen molar-refractivity contribution in [3.05, 3.63) is 18.5 Å². The number of amides is 1. The monoisotopic (exact) mass is 195 g/mol. The second-order valence-corrected chi connectivity index (χ2v) is 4.02. The minimum absolute atomic E-state index is 0.0274. The summed E-state index contributed by atoms with van der Waals surface area (Å²) in [6.07, 6.45) is 3.57. The molecule has 0 saturated heterocycles. The SMILES string of the molecule is CN(C(=O)C(C)(C)CN)c1cc[nH]c1. The summed E-state index contributed by atoms with van der Waals surface area (Å²) in [4.78, 5) is 16.5. The van der Waals surface area contributed by atoms with E-state index >= 15 is 0 Å². The first-order chi connectivity index (χ1) is 6.49. The normalized spacial score (nSPS) is 11.4. The van der Waals surface area contributed by atoms with E-state index in [1.54, 1.807) is 24.3 Å². The van der Waals surface area contributed by atoms with Gasteiger partial charge in [-0.3, -0.25) is 4.79 Å². The van der Waals surface area contributed by atoms with Gasteiger partial charge in [-0.05, 0) is 19.9 Å². The Morgan fingerprint density at radius 3 is 2.71 bits per heavy atom. The maximum absolute atomic E-state index is 11.9. The lowest BCUT2D eigenvalue weighted by molar-refractivity contribution is -0.125. The van der Waals surface area contributed by atoms with Crippen LogP contribution in [0, 0.1) is 5.41 Å². The van der Waals surface area contributed by atoms with Crippen molar-refractivity contribution in [1.29, 1.82) is 0 Å². The van der Waals surface area contributed by atoms with Crippen molar-refractivity contribution < 1.29 is 4.79 Å². The fourth-order valence-corrected chi connectivity index (χ4v) is 1.18. The van der Waals surface area contributed by atoms with Crippen LogP contribution in [0.4, 0.5) is 5.69 Å². The number of nitrogens with two attached hydrogens (primary N) is 1. The van der Waals surface area contributed by atoms with Gasteiger partial charge in [0.05, 0.1) is 11.1 Å². The van der Waals surface area contributed by atoms with Crippen LogP contribution in [0.25, 0.3) is 0 Å². The Morgan fingerprint density at radius 2 is 2.29 bits per heavy atom. The average Bonchev–Trinajstić information content (AvgIpc) is 2.68. The fourth-order valence-electron chi connectivity index (χ4n) is 1.18. The molecule has 78 valence electrons. The highest BCUT2D eigenvalue weighted by Crippen LogP contribution is 2.20. The van der Waals surface area contributed by atoms with Gasteiger partial charge in [0.15, 0.2) is 0 Å². The highest BCUT2D eigenvalue weighted by atomic mass is 16.2. The molecule has 0 spiro atoms. The van der Waals surface area contributed by atoms with E-state index in [0.29, 0.717) is 6.54 Å². The second-order valence-electron chi connectivity index (χ2n) is 4.02. The zero-order chi connectivity index (χ0) is 10.8. The van der Waals surface area contributed by atoms with Gasteiger partial charge in [0.1, 0.15) is 0 Å². The predicted molar refractivity (Wildman–Crippen MR) is 57.0 cm³/mol. The van der Waals surface area contributed by atoms with Crippen molar-refractivity contribution in [2.24, 2.45) is 11.1 Å². The molecule has 0 fully saturated rings. The first-order valence-electron chi connectivity index (χ1n) is 4.60. The lowest BCUT2D eigenvalue weighted by Gasteiger charge is -2.27. The topological polar surface area (TPSA) is 62.1 Å². The zero-order valence-electron chi connectivity index (χ0n) is 8.87. The van der Waals surface area contributed by atoms with E-state index in [1.807, 2.05) is 19.9 Å². The van der Waals surface area contributed by atoms with Crippen molar-refractivity contribution in [3.8, 4) is 0 Å². The Bertz CT molecular complexity index is 303. The third-order valence-corrected chi connectivity index (χ3v) is 2.36. The summed E-state index contributed by atoms with van der Waals surface area (Å²) in [6, 6.07) is 1.85. The number of hydrogen-bond acceptors (Lipinski definition) is 2. The van der Waals surface area contributed by atoms with Gasteiger partial charge in [0, 0.05) is 26.0 Å². The number of carbonyl (C=O) groups is 1. The van der Waals surface area contributed by atoms with E-state index in [-0.39, 0.29) is 5.91 Å². The number of H-pyrrole nitrogens is 1. The van der Waals surface area contributed by atoms with Gasteiger partial charge in [-0.15, -0.1) is 0 Å². The summed E-state index contributed by atoms with van der Waals surface area (Å²) < 4.78 is 0. The van der Waals surface area contributed by atoms with Crippen LogP contribution in [0.1, 0.15) is 13.8 Å². The lowest BCUT2D eigenvalue weighted by Crippen LogP contribution is -2.42. The van der Waals surface area contributed by atoms with Gasteiger partial charge < -0.3 is 15.6 Å². The molecule has 0 bridgehead atoms. The van der Waals surface area contributed by atoms with Gasteiger partial charge in [0.25, 0.3) is 0 Å². The van der Waals surface area contributed by atoms with Crippen molar-refractivity contribution >= 4 is 11.6 Å². The van der Waals surface area contributed by atoms with E-state index in [0.717, 1.165) is 5.69 Å². The highest BCUT2D eigenvalue weighted by Gasteiger charge is 2.29. The van der Waals surface area contributed by atoms with Crippen molar-refractivity contribution in [3.63, 3.8) is 0 Å². The summed E-state index contributed by atoms with van der Waals surface area (Å²) in [5.41, 5.74) is 5.89. The van der Waals surface area contributed by atoms with E-state index in [4.69, 9.17) is 5.73 Å². The van der Waals surface area contributed by atoms with Crippen LogP contribution in [0.5, 0.6) is 0 Å². The Morgan fingerprint density at radius 1 is 1.64 bits per heavy atom. The van der Waals surface area contributed by atoms with Gasteiger partial charge in [-0.1, -0.05) is 0 Å². The smallest absolute Gasteiger partial charge is 0.233 e. The Balaban J connectivity index is 2.81. The molecule has 4 heteroatoms. The lowest BCUT2D eigenvalue weighted by atomic mass is 9.92. The maximum atomic E-state index is 11.9. The molecule has 0 aliphatic rings. The number of aromatic amines is 1. The number of nitrogens with one attached hydrogen (secondary N) is 1. The molecule has 1 rings (SSSR count). The van der Waals surface area contributed by atoms with Crippen LogP contribution in [-0.2, 0) is 4.79 Å². The Hall–Kier alpha value is -1.29. The van der Waals surface area contributed by atoms with Gasteiger partial charge in [-0.25, -0.2) is 0 Å². The largest absolute Gasteiger partial charge is 0.366 e. The molecule has 0 aliphatic carbocycles. The molecule has 1 amide bonds. The molecule has 1 aromatic heterocycles. The van der Waals surface area contributed by atoms with E-state index in [9.17, 15) is 4.79 Å². The van der Waals surface area contributed by atoms with Crippen LogP contribution in [0.3, 0.4) is 0 Å². The van der Waals surface area contributed by atoms with Crippen molar-refractivity contribution in [1.82, 2.24) is 4.98 Å². The van der Waals surface area contributed by atoms with Crippen LogP contribution in [-0.4, -0.2) is 24.5 Å². The highest BCUT2D eigenvalue weighted by molar-refractivity contribution is 5.96. The summed E-state index contributed by atoms with van der Waals surface area (Å²) in [7, 11) is 1.75. The number of nitrogens with zero attached hydrogens (tertiary/aromatic N) is 1. The quantitative estimate of drug-likeness (QED) is 0.754.